The van der Waals surface area contributed by atoms with Crippen LogP contribution in [-0.2, 0) is 10.5 Å². The second-order valence-corrected chi connectivity index (χ2v) is 10.4. The Morgan fingerprint density at radius 3 is 2.58 bits per heavy atom. The Kier molecular flexibility index (Phi) is 6.68. The molecule has 3 heterocycles. The molecule has 0 saturated carbocycles. The summed E-state index contributed by atoms with van der Waals surface area (Å²) in [5.74, 6) is -2.02. The second kappa shape index (κ2) is 9.70. The smallest absolute Gasteiger partial charge is 0.408 e. The standard InChI is InChI=1S/C26H21ClF3N3O4S/c1-14(26(28,29)30)31-13-33(32-10-9-20(35)24(37-15(2)34)23(32)25(31)36)22-18-8-7-17(27)11-16(18)12-38-21-6-4-3-5-19(21)22/h3-11,14,22H,12-13H2,1-2H3/t14-,22+/m1/s1. The number of carbonyl (C=O) groups is 2. The van der Waals surface area contributed by atoms with E-state index >= 15 is 0 Å². The van der Waals surface area contributed by atoms with Crippen molar-refractivity contribution in [2.75, 3.05) is 11.7 Å². The van der Waals surface area contributed by atoms with E-state index in [1.807, 2.05) is 36.4 Å². The molecule has 2 aliphatic rings. The van der Waals surface area contributed by atoms with Crippen LogP contribution < -0.4 is 15.2 Å². The van der Waals surface area contributed by atoms with Crippen molar-refractivity contribution in [3.8, 4) is 5.75 Å². The number of rotatable bonds is 3. The fourth-order valence-electron chi connectivity index (χ4n) is 4.71. The van der Waals surface area contributed by atoms with E-state index in [0.29, 0.717) is 15.7 Å². The van der Waals surface area contributed by atoms with Gasteiger partial charge in [0, 0.05) is 34.9 Å². The monoisotopic (exact) mass is 563 g/mol. The number of aromatic nitrogens is 1. The Bertz CT molecular complexity index is 1510. The topological polar surface area (TPSA) is 71.8 Å². The van der Waals surface area contributed by atoms with E-state index in [2.05, 4.69) is 0 Å². The summed E-state index contributed by atoms with van der Waals surface area (Å²) in [6, 6.07) is 11.1. The fraction of sp³-hybridized carbons (Fsp3) is 0.269. The predicted molar refractivity (Wildman–Crippen MR) is 136 cm³/mol. The molecular weight excluding hydrogens is 543 g/mol. The zero-order valence-electron chi connectivity index (χ0n) is 20.2. The van der Waals surface area contributed by atoms with Crippen LogP contribution >= 0.6 is 23.4 Å². The van der Waals surface area contributed by atoms with Gasteiger partial charge in [-0.3, -0.25) is 24.1 Å². The first-order chi connectivity index (χ1) is 18.0. The molecule has 0 aliphatic carbocycles. The van der Waals surface area contributed by atoms with E-state index in [-0.39, 0.29) is 0 Å². The van der Waals surface area contributed by atoms with Crippen molar-refractivity contribution in [3.63, 3.8) is 0 Å². The molecule has 0 saturated heterocycles. The SMILES string of the molecule is CC(=O)Oc1c2n(ccc1=O)N([C@H]1c3ccc(Cl)cc3CSc3ccccc31)CN([C@H](C)C(F)(F)F)C2=O. The third-order valence-electron chi connectivity index (χ3n) is 6.55. The summed E-state index contributed by atoms with van der Waals surface area (Å²) in [4.78, 5) is 39.6. The fourth-order valence-corrected chi connectivity index (χ4v) is 5.99. The van der Waals surface area contributed by atoms with Crippen LogP contribution in [0, 0.1) is 0 Å². The summed E-state index contributed by atoms with van der Waals surface area (Å²) in [7, 11) is 0. The Morgan fingerprint density at radius 2 is 1.87 bits per heavy atom. The molecule has 3 aromatic rings. The Hall–Kier alpha value is -3.44. The molecule has 2 aliphatic heterocycles. The van der Waals surface area contributed by atoms with Gasteiger partial charge in [0.15, 0.2) is 5.69 Å². The highest BCUT2D eigenvalue weighted by Gasteiger charge is 2.48. The lowest BCUT2D eigenvalue weighted by Gasteiger charge is -2.46. The highest BCUT2D eigenvalue weighted by molar-refractivity contribution is 7.98. The molecule has 1 amide bonds. The molecule has 0 radical (unpaired) electrons. The highest BCUT2D eigenvalue weighted by atomic mass is 35.5. The van der Waals surface area contributed by atoms with Crippen LogP contribution in [0.15, 0.2) is 64.4 Å². The van der Waals surface area contributed by atoms with Gasteiger partial charge in [-0.15, -0.1) is 11.8 Å². The molecule has 2 aromatic carbocycles. The molecule has 0 N–H and O–H groups in total. The van der Waals surface area contributed by atoms with Crippen molar-refractivity contribution in [1.82, 2.24) is 9.58 Å². The molecule has 0 unspecified atom stereocenters. The molecule has 1 aromatic heterocycles. The maximum absolute atomic E-state index is 13.9. The van der Waals surface area contributed by atoms with Crippen molar-refractivity contribution in [3.05, 3.63) is 92.4 Å². The molecule has 5 rings (SSSR count). The first-order valence-electron chi connectivity index (χ1n) is 11.6. The van der Waals surface area contributed by atoms with Gasteiger partial charge in [0.1, 0.15) is 12.7 Å². The van der Waals surface area contributed by atoms with Crippen LogP contribution in [0.1, 0.15) is 47.1 Å². The van der Waals surface area contributed by atoms with Gasteiger partial charge in [0.2, 0.25) is 11.2 Å². The van der Waals surface area contributed by atoms with Gasteiger partial charge in [-0.05, 0) is 41.8 Å². The van der Waals surface area contributed by atoms with Crippen LogP contribution in [0.5, 0.6) is 5.75 Å². The number of nitrogens with zero attached hydrogens (tertiary/aromatic N) is 3. The summed E-state index contributed by atoms with van der Waals surface area (Å²) in [6.45, 7) is 1.47. The number of hydrogen-bond donors (Lipinski definition) is 0. The molecule has 12 heteroatoms. The largest absolute Gasteiger partial charge is 0.420 e. The molecule has 198 valence electrons. The number of fused-ring (bicyclic) bond motifs is 3. The van der Waals surface area contributed by atoms with Crippen LogP contribution in [0.4, 0.5) is 13.2 Å². The van der Waals surface area contributed by atoms with Gasteiger partial charge < -0.3 is 9.64 Å². The zero-order chi connectivity index (χ0) is 27.4. The number of benzene rings is 2. The molecule has 0 fully saturated rings. The molecule has 0 spiro atoms. The summed E-state index contributed by atoms with van der Waals surface area (Å²) in [6.07, 6.45) is -3.43. The summed E-state index contributed by atoms with van der Waals surface area (Å²) < 4.78 is 48.2. The minimum absolute atomic E-state index is 0.458. The van der Waals surface area contributed by atoms with Crippen molar-refractivity contribution in [2.24, 2.45) is 0 Å². The Labute approximate surface area is 224 Å². The molecule has 7 nitrogen and oxygen atoms in total. The van der Waals surface area contributed by atoms with Crippen LogP contribution in [0.3, 0.4) is 0 Å². The normalized spacial score (nSPS) is 17.7. The second-order valence-electron chi connectivity index (χ2n) is 8.94. The maximum Gasteiger partial charge on any atom is 0.408 e. The first kappa shape index (κ1) is 26.2. The van der Waals surface area contributed by atoms with Crippen molar-refractivity contribution in [2.45, 2.75) is 42.8 Å². The number of pyridine rings is 1. The predicted octanol–water partition coefficient (Wildman–Crippen LogP) is 5.12. The van der Waals surface area contributed by atoms with E-state index in [1.54, 1.807) is 22.8 Å². The number of amides is 1. The van der Waals surface area contributed by atoms with Gasteiger partial charge >= 0.3 is 12.1 Å². The van der Waals surface area contributed by atoms with Gasteiger partial charge in [0.05, 0.1) is 6.04 Å². The average molecular weight is 564 g/mol. The van der Waals surface area contributed by atoms with Crippen molar-refractivity contribution in [1.29, 1.82) is 0 Å². The van der Waals surface area contributed by atoms with Crippen LogP contribution in [0.25, 0.3) is 0 Å². The Morgan fingerprint density at radius 1 is 1.13 bits per heavy atom. The number of thioether (sulfide) groups is 1. The number of esters is 1. The number of halogens is 4. The minimum atomic E-state index is -4.75. The Balaban J connectivity index is 1.80. The number of carbonyl (C=O) groups excluding carboxylic acids is 2. The van der Waals surface area contributed by atoms with E-state index in [0.717, 1.165) is 41.5 Å². The molecule has 0 bridgehead atoms. The van der Waals surface area contributed by atoms with E-state index < -0.39 is 53.7 Å². The number of ether oxygens (including phenoxy) is 1. The lowest BCUT2D eigenvalue weighted by atomic mass is 9.94. The highest BCUT2D eigenvalue weighted by Crippen LogP contribution is 2.44. The molecular formula is C26H21ClF3N3O4S. The van der Waals surface area contributed by atoms with E-state index in [4.69, 9.17) is 16.3 Å². The van der Waals surface area contributed by atoms with Crippen LogP contribution in [0.2, 0.25) is 5.02 Å². The molecule has 38 heavy (non-hydrogen) atoms. The number of alkyl halides is 3. The van der Waals surface area contributed by atoms with Gasteiger partial charge in [-0.2, -0.15) is 13.2 Å². The zero-order valence-corrected chi connectivity index (χ0v) is 21.7. The van der Waals surface area contributed by atoms with Crippen molar-refractivity contribution >= 4 is 35.2 Å². The maximum atomic E-state index is 13.9. The summed E-state index contributed by atoms with van der Waals surface area (Å²) in [5, 5.41) is 2.08. The molecule has 2 atom stereocenters. The lowest BCUT2D eigenvalue weighted by Crippen LogP contribution is -2.60. The van der Waals surface area contributed by atoms with E-state index in [1.165, 1.54) is 10.9 Å². The first-order valence-corrected chi connectivity index (χ1v) is 12.9. The number of hydrogen-bond acceptors (Lipinski definition) is 6. The third kappa shape index (κ3) is 4.54. The van der Waals surface area contributed by atoms with Gasteiger partial charge in [-0.1, -0.05) is 35.9 Å². The summed E-state index contributed by atoms with van der Waals surface area (Å²) >= 11 is 7.85. The van der Waals surface area contributed by atoms with Crippen LogP contribution in [-0.4, -0.2) is 40.3 Å². The third-order valence-corrected chi connectivity index (χ3v) is 7.93. The quantitative estimate of drug-likeness (QED) is 0.412. The lowest BCUT2D eigenvalue weighted by molar-refractivity contribution is -0.173. The average Bonchev–Trinajstić information content (AvgIpc) is 3.01. The van der Waals surface area contributed by atoms with E-state index in [9.17, 15) is 27.6 Å². The van der Waals surface area contributed by atoms with Crippen molar-refractivity contribution < 1.29 is 27.5 Å². The van der Waals surface area contributed by atoms with Gasteiger partial charge in [0.25, 0.3) is 5.91 Å². The van der Waals surface area contributed by atoms with Gasteiger partial charge in [-0.25, -0.2) is 0 Å². The summed E-state index contributed by atoms with van der Waals surface area (Å²) in [5.41, 5.74) is 1.19. The minimum Gasteiger partial charge on any atom is -0.420 e.